The Hall–Kier alpha value is -1.41. The zero-order valence-corrected chi connectivity index (χ0v) is 11.5. The summed E-state index contributed by atoms with van der Waals surface area (Å²) in [6.45, 7) is 7.62. The van der Waals surface area contributed by atoms with E-state index in [4.69, 9.17) is 0 Å². The highest BCUT2D eigenvalue weighted by atomic mass is 14.9. The second kappa shape index (κ2) is 5.49. The molecule has 2 heteroatoms. The van der Waals surface area contributed by atoms with Crippen LogP contribution in [0.15, 0.2) is 36.5 Å². The van der Waals surface area contributed by atoms with Crippen LogP contribution < -0.4 is 5.32 Å². The van der Waals surface area contributed by atoms with Crippen molar-refractivity contribution in [2.75, 3.05) is 0 Å². The molecule has 0 saturated carbocycles. The summed E-state index contributed by atoms with van der Waals surface area (Å²) in [4.78, 5) is 4.49. The van der Waals surface area contributed by atoms with Gasteiger partial charge in [-0.1, -0.05) is 37.6 Å². The molecule has 0 aliphatic rings. The molecular formula is C16H22N2. The van der Waals surface area contributed by atoms with E-state index in [-0.39, 0.29) is 5.54 Å². The first-order valence-electron chi connectivity index (χ1n) is 6.70. The largest absolute Gasteiger partial charge is 0.308 e. The maximum absolute atomic E-state index is 4.49. The van der Waals surface area contributed by atoms with Gasteiger partial charge in [0.15, 0.2) is 0 Å². The van der Waals surface area contributed by atoms with Gasteiger partial charge in [0, 0.05) is 23.7 Å². The molecule has 1 aromatic carbocycles. The number of nitrogens with zero attached hydrogens (tertiary/aromatic N) is 1. The maximum Gasteiger partial charge on any atom is 0.0746 e. The Kier molecular flexibility index (Phi) is 3.97. The third kappa shape index (κ3) is 3.08. The maximum atomic E-state index is 4.49. The molecule has 0 atom stereocenters. The summed E-state index contributed by atoms with van der Waals surface area (Å²) in [5.41, 5.74) is 2.57. The lowest BCUT2D eigenvalue weighted by Gasteiger charge is -2.26. The molecule has 0 aliphatic carbocycles. The van der Waals surface area contributed by atoms with Crippen LogP contribution >= 0.6 is 0 Å². The minimum atomic E-state index is 0.186. The predicted molar refractivity (Wildman–Crippen MR) is 77.6 cm³/mol. The summed E-state index contributed by atoms with van der Waals surface area (Å²) in [7, 11) is 0. The minimum absolute atomic E-state index is 0.186. The van der Waals surface area contributed by atoms with Crippen LogP contribution in [0.3, 0.4) is 0 Å². The number of rotatable bonds is 5. The third-order valence-corrected chi connectivity index (χ3v) is 3.35. The van der Waals surface area contributed by atoms with Crippen LogP contribution in [0.2, 0.25) is 0 Å². The Morgan fingerprint density at radius 3 is 2.72 bits per heavy atom. The highest BCUT2D eigenvalue weighted by Gasteiger charge is 2.15. The highest BCUT2D eigenvalue weighted by Crippen LogP contribution is 2.18. The number of aromatic nitrogens is 1. The summed E-state index contributed by atoms with van der Waals surface area (Å²) < 4.78 is 0. The van der Waals surface area contributed by atoms with Crippen LogP contribution in [0.1, 0.15) is 39.2 Å². The molecule has 0 radical (unpaired) electrons. The molecule has 0 aliphatic heterocycles. The Labute approximate surface area is 109 Å². The van der Waals surface area contributed by atoms with Crippen molar-refractivity contribution in [1.29, 1.82) is 0 Å². The van der Waals surface area contributed by atoms with E-state index in [2.05, 4.69) is 55.3 Å². The fraction of sp³-hybridized carbons (Fsp3) is 0.438. The van der Waals surface area contributed by atoms with Crippen LogP contribution in [-0.4, -0.2) is 10.5 Å². The lowest BCUT2D eigenvalue weighted by Crippen LogP contribution is -2.38. The van der Waals surface area contributed by atoms with E-state index in [0.29, 0.717) is 0 Å². The van der Waals surface area contributed by atoms with Gasteiger partial charge in [-0.3, -0.25) is 4.98 Å². The zero-order valence-electron chi connectivity index (χ0n) is 11.5. The van der Waals surface area contributed by atoms with Crippen molar-refractivity contribution >= 4 is 10.9 Å². The van der Waals surface area contributed by atoms with E-state index in [1.807, 2.05) is 12.3 Å². The van der Waals surface area contributed by atoms with E-state index < -0.39 is 0 Å². The van der Waals surface area contributed by atoms with Gasteiger partial charge in [0.05, 0.1) is 5.52 Å². The molecule has 1 aromatic heterocycles. The fourth-order valence-corrected chi connectivity index (χ4v) is 2.36. The van der Waals surface area contributed by atoms with Gasteiger partial charge in [-0.15, -0.1) is 0 Å². The lowest BCUT2D eigenvalue weighted by atomic mass is 9.98. The van der Waals surface area contributed by atoms with Crippen molar-refractivity contribution in [2.45, 2.75) is 45.7 Å². The van der Waals surface area contributed by atoms with Gasteiger partial charge in [0.1, 0.15) is 0 Å². The average molecular weight is 242 g/mol. The fourth-order valence-electron chi connectivity index (χ4n) is 2.36. The van der Waals surface area contributed by atoms with E-state index >= 15 is 0 Å². The Morgan fingerprint density at radius 2 is 1.94 bits per heavy atom. The molecule has 0 saturated heterocycles. The van der Waals surface area contributed by atoms with E-state index in [9.17, 15) is 0 Å². The number of fused-ring (bicyclic) bond motifs is 1. The Balaban J connectivity index is 2.17. The van der Waals surface area contributed by atoms with Crippen molar-refractivity contribution in [3.05, 3.63) is 42.1 Å². The quantitative estimate of drug-likeness (QED) is 0.860. The topological polar surface area (TPSA) is 24.9 Å². The van der Waals surface area contributed by atoms with Crippen molar-refractivity contribution < 1.29 is 0 Å². The molecular weight excluding hydrogens is 220 g/mol. The molecule has 0 fully saturated rings. The Bertz CT molecular complexity index is 512. The van der Waals surface area contributed by atoms with E-state index in [1.54, 1.807) is 0 Å². The van der Waals surface area contributed by atoms with Crippen molar-refractivity contribution in [1.82, 2.24) is 10.3 Å². The first-order valence-corrected chi connectivity index (χ1v) is 6.70. The van der Waals surface area contributed by atoms with E-state index in [0.717, 1.165) is 12.1 Å². The van der Waals surface area contributed by atoms with Crippen molar-refractivity contribution in [2.24, 2.45) is 0 Å². The molecule has 0 bridgehead atoms. The number of nitrogens with one attached hydrogen (secondary N) is 1. The standard InChI is InChI=1S/C16H22N2/c1-4-10-16(2,3)18-12-14-8-5-7-13-9-6-11-17-15(13)14/h5-9,11,18H,4,10,12H2,1-3H3. The summed E-state index contributed by atoms with van der Waals surface area (Å²) >= 11 is 0. The Morgan fingerprint density at radius 1 is 1.17 bits per heavy atom. The van der Waals surface area contributed by atoms with Gasteiger partial charge in [0.2, 0.25) is 0 Å². The lowest BCUT2D eigenvalue weighted by molar-refractivity contribution is 0.357. The molecule has 96 valence electrons. The third-order valence-electron chi connectivity index (χ3n) is 3.35. The van der Waals surface area contributed by atoms with Crippen LogP contribution in [0.25, 0.3) is 10.9 Å². The summed E-state index contributed by atoms with van der Waals surface area (Å²) in [6.07, 6.45) is 4.25. The molecule has 0 spiro atoms. The van der Waals surface area contributed by atoms with Gasteiger partial charge in [-0.05, 0) is 31.9 Å². The first kappa shape index (κ1) is 13.0. The van der Waals surface area contributed by atoms with Crippen LogP contribution in [0.5, 0.6) is 0 Å². The molecule has 0 amide bonds. The predicted octanol–water partition coefficient (Wildman–Crippen LogP) is 3.90. The SMILES string of the molecule is CCCC(C)(C)NCc1cccc2cccnc12. The summed E-state index contributed by atoms with van der Waals surface area (Å²) in [5, 5.41) is 4.84. The second-order valence-corrected chi connectivity index (χ2v) is 5.48. The smallest absolute Gasteiger partial charge is 0.0746 e. The second-order valence-electron chi connectivity index (χ2n) is 5.48. The van der Waals surface area contributed by atoms with Crippen molar-refractivity contribution in [3.63, 3.8) is 0 Å². The van der Waals surface area contributed by atoms with Crippen LogP contribution in [0, 0.1) is 0 Å². The molecule has 1 heterocycles. The summed E-state index contributed by atoms with van der Waals surface area (Å²) in [5.74, 6) is 0. The number of para-hydroxylation sites is 1. The normalized spacial score (nSPS) is 11.9. The molecule has 0 unspecified atom stereocenters. The van der Waals surface area contributed by atoms with Gasteiger partial charge in [-0.25, -0.2) is 0 Å². The number of hydrogen-bond donors (Lipinski definition) is 1. The number of benzene rings is 1. The summed E-state index contributed by atoms with van der Waals surface area (Å²) in [6, 6.07) is 10.5. The molecule has 2 nitrogen and oxygen atoms in total. The van der Waals surface area contributed by atoms with Crippen LogP contribution in [0.4, 0.5) is 0 Å². The first-order chi connectivity index (χ1) is 8.62. The molecule has 18 heavy (non-hydrogen) atoms. The van der Waals surface area contributed by atoms with Crippen molar-refractivity contribution in [3.8, 4) is 0 Å². The number of pyridine rings is 1. The molecule has 2 aromatic rings. The van der Waals surface area contributed by atoms with Gasteiger partial charge < -0.3 is 5.32 Å². The van der Waals surface area contributed by atoms with Crippen LogP contribution in [-0.2, 0) is 6.54 Å². The minimum Gasteiger partial charge on any atom is -0.308 e. The molecule has 1 N–H and O–H groups in total. The monoisotopic (exact) mass is 242 g/mol. The van der Waals surface area contributed by atoms with Gasteiger partial charge >= 0.3 is 0 Å². The van der Waals surface area contributed by atoms with Gasteiger partial charge in [-0.2, -0.15) is 0 Å². The average Bonchev–Trinajstić information content (AvgIpc) is 2.36. The zero-order chi connectivity index (χ0) is 13.0. The number of hydrogen-bond acceptors (Lipinski definition) is 2. The van der Waals surface area contributed by atoms with E-state index in [1.165, 1.54) is 23.8 Å². The van der Waals surface area contributed by atoms with Gasteiger partial charge in [0.25, 0.3) is 0 Å². The molecule has 2 rings (SSSR count). The highest BCUT2D eigenvalue weighted by molar-refractivity contribution is 5.81.